The van der Waals surface area contributed by atoms with Crippen molar-refractivity contribution in [3.63, 3.8) is 0 Å². The Morgan fingerprint density at radius 1 is 1.64 bits per heavy atom. The van der Waals surface area contributed by atoms with Gasteiger partial charge in [0, 0.05) is 25.4 Å². The molecular formula is C7H14N2O2. The summed E-state index contributed by atoms with van der Waals surface area (Å²) in [5, 5.41) is 11.0. The van der Waals surface area contributed by atoms with Crippen molar-refractivity contribution in [2.75, 3.05) is 27.2 Å². The highest BCUT2D eigenvalue weighted by molar-refractivity contribution is 5.79. The molecule has 0 radical (unpaired) electrons. The lowest BCUT2D eigenvalue weighted by molar-refractivity contribution is -0.131. The number of carbonyl (C=O) groups is 1. The number of carboxylic acid groups (broad SMARTS) is 1. The molecule has 11 heavy (non-hydrogen) atoms. The summed E-state index contributed by atoms with van der Waals surface area (Å²) in [6, 6.07) is 0. The van der Waals surface area contributed by atoms with Crippen molar-refractivity contribution in [1.82, 2.24) is 10.2 Å². The molecular weight excluding hydrogens is 144 g/mol. The topological polar surface area (TPSA) is 52.6 Å². The molecule has 0 saturated heterocycles. The van der Waals surface area contributed by atoms with E-state index in [-0.39, 0.29) is 0 Å². The number of likely N-dealkylation sites (N-methyl/N-ethyl adjacent to an activating group) is 1. The first-order valence-corrected chi connectivity index (χ1v) is 3.40. The minimum absolute atomic E-state index is 0.761. The molecule has 0 heterocycles. The lowest BCUT2D eigenvalue weighted by Crippen LogP contribution is -2.23. The third-order valence-corrected chi connectivity index (χ3v) is 1.05. The van der Waals surface area contributed by atoms with Crippen molar-refractivity contribution in [1.29, 1.82) is 0 Å². The van der Waals surface area contributed by atoms with Gasteiger partial charge in [0.05, 0.1) is 0 Å². The van der Waals surface area contributed by atoms with Crippen LogP contribution in [0.25, 0.3) is 0 Å². The fourth-order valence-corrected chi connectivity index (χ4v) is 0.502. The van der Waals surface area contributed by atoms with Crippen LogP contribution in [0.1, 0.15) is 0 Å². The standard InChI is InChI=1S/C7H14N2O2/c1-9(2)6-5-8-4-3-7(10)11/h3-4,8H,5-6H2,1-2H3,(H,10,11)/b4-3+. The summed E-state index contributed by atoms with van der Waals surface area (Å²) in [6.07, 6.45) is 2.52. The van der Waals surface area contributed by atoms with Crippen LogP contribution in [0.3, 0.4) is 0 Å². The Kier molecular flexibility index (Phi) is 5.20. The van der Waals surface area contributed by atoms with Crippen molar-refractivity contribution >= 4 is 5.97 Å². The van der Waals surface area contributed by atoms with Crippen LogP contribution in [0.15, 0.2) is 12.3 Å². The average molecular weight is 158 g/mol. The summed E-state index contributed by atoms with van der Waals surface area (Å²) in [4.78, 5) is 12.0. The number of hydrogen-bond acceptors (Lipinski definition) is 3. The quantitative estimate of drug-likeness (QED) is 0.427. The number of aliphatic carboxylic acids is 1. The molecule has 4 heteroatoms. The van der Waals surface area contributed by atoms with Gasteiger partial charge >= 0.3 is 5.97 Å². The smallest absolute Gasteiger partial charge is 0.329 e. The second kappa shape index (κ2) is 5.73. The maximum Gasteiger partial charge on any atom is 0.329 e. The van der Waals surface area contributed by atoms with E-state index >= 15 is 0 Å². The first-order chi connectivity index (χ1) is 5.13. The number of hydrogen-bond donors (Lipinski definition) is 2. The largest absolute Gasteiger partial charge is 0.478 e. The normalized spacial score (nSPS) is 10.8. The summed E-state index contributed by atoms with van der Waals surface area (Å²) in [5.74, 6) is -0.928. The van der Waals surface area contributed by atoms with Crippen molar-refractivity contribution in [2.24, 2.45) is 0 Å². The van der Waals surface area contributed by atoms with Gasteiger partial charge in [-0.15, -0.1) is 0 Å². The van der Waals surface area contributed by atoms with Gasteiger partial charge in [-0.3, -0.25) is 0 Å². The minimum atomic E-state index is -0.928. The summed E-state index contributed by atoms with van der Waals surface area (Å²) < 4.78 is 0. The van der Waals surface area contributed by atoms with Crippen LogP contribution in [0.2, 0.25) is 0 Å². The van der Waals surface area contributed by atoms with E-state index in [1.165, 1.54) is 6.20 Å². The second-order valence-electron chi connectivity index (χ2n) is 2.43. The molecule has 2 N–H and O–H groups in total. The highest BCUT2D eigenvalue weighted by atomic mass is 16.4. The van der Waals surface area contributed by atoms with Gasteiger partial charge in [-0.05, 0) is 14.1 Å². The van der Waals surface area contributed by atoms with Gasteiger partial charge in [0.25, 0.3) is 0 Å². The summed E-state index contributed by atoms with van der Waals surface area (Å²) in [6.45, 7) is 1.65. The molecule has 0 fully saturated rings. The third-order valence-electron chi connectivity index (χ3n) is 1.05. The third kappa shape index (κ3) is 8.97. The van der Waals surface area contributed by atoms with E-state index in [0.717, 1.165) is 19.2 Å². The predicted octanol–water partition coefficient (Wildman–Crippen LogP) is -0.264. The van der Waals surface area contributed by atoms with Crippen LogP contribution < -0.4 is 5.32 Å². The fourth-order valence-electron chi connectivity index (χ4n) is 0.502. The Bertz CT molecular complexity index is 143. The maximum absolute atomic E-state index is 9.96. The van der Waals surface area contributed by atoms with Gasteiger partial charge in [-0.25, -0.2) is 4.79 Å². The SMILES string of the molecule is CN(C)CCN/C=C/C(=O)O. The molecule has 0 aliphatic heterocycles. The number of nitrogens with zero attached hydrogens (tertiary/aromatic N) is 1. The Balaban J connectivity index is 3.21. The average Bonchev–Trinajstić information content (AvgIpc) is 1.85. The lowest BCUT2D eigenvalue weighted by atomic mass is 10.5. The van der Waals surface area contributed by atoms with Crippen LogP contribution in [0.4, 0.5) is 0 Å². The van der Waals surface area contributed by atoms with E-state index in [2.05, 4.69) is 5.32 Å². The Morgan fingerprint density at radius 3 is 2.73 bits per heavy atom. The summed E-state index contributed by atoms with van der Waals surface area (Å²) >= 11 is 0. The molecule has 0 aromatic heterocycles. The van der Waals surface area contributed by atoms with Crippen molar-refractivity contribution in [2.45, 2.75) is 0 Å². The molecule has 0 aromatic rings. The molecule has 0 amide bonds. The van der Waals surface area contributed by atoms with E-state index in [1.54, 1.807) is 0 Å². The van der Waals surface area contributed by atoms with Crippen LogP contribution >= 0.6 is 0 Å². The monoisotopic (exact) mass is 158 g/mol. The number of carboxylic acids is 1. The number of rotatable bonds is 5. The second-order valence-corrected chi connectivity index (χ2v) is 2.43. The molecule has 0 aromatic carbocycles. The molecule has 0 aliphatic carbocycles. The van der Waals surface area contributed by atoms with E-state index in [9.17, 15) is 4.79 Å². The molecule has 0 bridgehead atoms. The zero-order chi connectivity index (χ0) is 8.69. The van der Waals surface area contributed by atoms with Crippen LogP contribution in [0, 0.1) is 0 Å². The first-order valence-electron chi connectivity index (χ1n) is 3.40. The van der Waals surface area contributed by atoms with Gasteiger partial charge in [0.2, 0.25) is 0 Å². The Hall–Kier alpha value is -1.03. The molecule has 4 nitrogen and oxygen atoms in total. The maximum atomic E-state index is 9.96. The van der Waals surface area contributed by atoms with Crippen molar-refractivity contribution < 1.29 is 9.90 Å². The fraction of sp³-hybridized carbons (Fsp3) is 0.571. The van der Waals surface area contributed by atoms with Crippen LogP contribution in [0.5, 0.6) is 0 Å². The first kappa shape index (κ1) is 9.97. The van der Waals surface area contributed by atoms with E-state index in [4.69, 9.17) is 5.11 Å². The van der Waals surface area contributed by atoms with E-state index < -0.39 is 5.97 Å². The van der Waals surface area contributed by atoms with Gasteiger partial charge < -0.3 is 15.3 Å². The van der Waals surface area contributed by atoms with Crippen LogP contribution in [-0.4, -0.2) is 43.2 Å². The van der Waals surface area contributed by atoms with Crippen LogP contribution in [-0.2, 0) is 4.79 Å². The van der Waals surface area contributed by atoms with Gasteiger partial charge in [-0.1, -0.05) is 0 Å². The molecule has 0 rings (SSSR count). The molecule has 0 saturated carbocycles. The van der Waals surface area contributed by atoms with Gasteiger partial charge in [0.15, 0.2) is 0 Å². The highest BCUT2D eigenvalue weighted by Crippen LogP contribution is 1.71. The van der Waals surface area contributed by atoms with E-state index in [1.807, 2.05) is 19.0 Å². The Morgan fingerprint density at radius 2 is 2.27 bits per heavy atom. The number of nitrogens with one attached hydrogen (secondary N) is 1. The van der Waals surface area contributed by atoms with Gasteiger partial charge in [-0.2, -0.15) is 0 Å². The lowest BCUT2D eigenvalue weighted by Gasteiger charge is -2.07. The zero-order valence-corrected chi connectivity index (χ0v) is 6.87. The molecule has 64 valence electrons. The molecule has 0 unspecified atom stereocenters. The van der Waals surface area contributed by atoms with E-state index in [0.29, 0.717) is 0 Å². The molecule has 0 spiro atoms. The summed E-state index contributed by atoms with van der Waals surface area (Å²) in [7, 11) is 3.92. The predicted molar refractivity (Wildman–Crippen MR) is 43.3 cm³/mol. The van der Waals surface area contributed by atoms with Gasteiger partial charge in [0.1, 0.15) is 0 Å². The zero-order valence-electron chi connectivity index (χ0n) is 6.87. The molecule has 0 aliphatic rings. The molecule has 0 atom stereocenters. The summed E-state index contributed by atoms with van der Waals surface area (Å²) in [5.41, 5.74) is 0. The Labute approximate surface area is 66.5 Å². The highest BCUT2D eigenvalue weighted by Gasteiger charge is 1.86. The minimum Gasteiger partial charge on any atom is -0.478 e. The van der Waals surface area contributed by atoms with Crippen molar-refractivity contribution in [3.8, 4) is 0 Å². The van der Waals surface area contributed by atoms with Crippen molar-refractivity contribution in [3.05, 3.63) is 12.3 Å².